The van der Waals surface area contributed by atoms with Gasteiger partial charge in [-0.3, -0.25) is 0 Å². The zero-order chi connectivity index (χ0) is 7.56. The van der Waals surface area contributed by atoms with Gasteiger partial charge in [-0.05, 0) is 24.7 Å². The van der Waals surface area contributed by atoms with Gasteiger partial charge in [0, 0.05) is 6.04 Å². The minimum atomic E-state index is 0.501. The monoisotopic (exact) mass is 141 g/mol. The zero-order valence-electron chi connectivity index (χ0n) is 7.14. The normalized spacial score (nSPS) is 34.8. The Balaban J connectivity index is 2.32. The van der Waals surface area contributed by atoms with E-state index in [-0.39, 0.29) is 0 Å². The first-order valence-electron chi connectivity index (χ1n) is 4.45. The first-order chi connectivity index (χ1) is 4.70. The van der Waals surface area contributed by atoms with E-state index in [1.807, 2.05) is 0 Å². The van der Waals surface area contributed by atoms with Crippen molar-refractivity contribution < 1.29 is 0 Å². The molecule has 0 aromatic rings. The highest BCUT2D eigenvalue weighted by atomic mass is 14.6. The molecule has 0 unspecified atom stereocenters. The van der Waals surface area contributed by atoms with Crippen LogP contribution in [-0.4, -0.2) is 6.04 Å². The van der Waals surface area contributed by atoms with Gasteiger partial charge in [0.15, 0.2) is 0 Å². The van der Waals surface area contributed by atoms with Crippen LogP contribution in [0.25, 0.3) is 0 Å². The van der Waals surface area contributed by atoms with Gasteiger partial charge in [0.25, 0.3) is 0 Å². The fourth-order valence-electron chi connectivity index (χ4n) is 1.87. The molecule has 1 aliphatic rings. The van der Waals surface area contributed by atoms with Gasteiger partial charge in [-0.1, -0.05) is 26.7 Å². The second kappa shape index (κ2) is 3.38. The van der Waals surface area contributed by atoms with Crippen molar-refractivity contribution >= 4 is 0 Å². The first kappa shape index (κ1) is 8.06. The van der Waals surface area contributed by atoms with Gasteiger partial charge in [0.2, 0.25) is 0 Å². The molecule has 0 spiro atoms. The predicted octanol–water partition coefficient (Wildman–Crippen LogP) is 2.16. The van der Waals surface area contributed by atoms with Crippen molar-refractivity contribution in [3.05, 3.63) is 0 Å². The quantitative estimate of drug-likeness (QED) is 0.595. The van der Waals surface area contributed by atoms with Crippen molar-refractivity contribution in [3.63, 3.8) is 0 Å². The van der Waals surface area contributed by atoms with Crippen LogP contribution in [0.15, 0.2) is 0 Å². The molecule has 0 amide bonds. The van der Waals surface area contributed by atoms with Crippen molar-refractivity contribution in [1.29, 1.82) is 0 Å². The molecule has 0 saturated heterocycles. The highest BCUT2D eigenvalue weighted by molar-refractivity contribution is 4.76. The fraction of sp³-hybridized carbons (Fsp3) is 1.00. The number of hydrogen-bond donors (Lipinski definition) is 1. The molecule has 0 aromatic heterocycles. The van der Waals surface area contributed by atoms with E-state index in [9.17, 15) is 0 Å². The number of nitrogens with two attached hydrogens (primary N) is 1. The largest absolute Gasteiger partial charge is 0.328 e. The predicted molar refractivity (Wildman–Crippen MR) is 44.8 cm³/mol. The Bertz CT molecular complexity index is 98.9. The van der Waals surface area contributed by atoms with Gasteiger partial charge in [-0.15, -0.1) is 0 Å². The Morgan fingerprint density at radius 2 is 2.00 bits per heavy atom. The minimum Gasteiger partial charge on any atom is -0.328 e. The van der Waals surface area contributed by atoms with Gasteiger partial charge in [-0.2, -0.15) is 0 Å². The second-order valence-electron chi connectivity index (χ2n) is 3.93. The Labute approximate surface area is 64.0 Å². The Morgan fingerprint density at radius 3 is 2.40 bits per heavy atom. The first-order valence-corrected chi connectivity index (χ1v) is 4.45. The summed E-state index contributed by atoms with van der Waals surface area (Å²) in [5, 5.41) is 0. The molecule has 0 radical (unpaired) electrons. The van der Waals surface area contributed by atoms with Gasteiger partial charge in [-0.25, -0.2) is 0 Å². The van der Waals surface area contributed by atoms with E-state index in [1.54, 1.807) is 0 Å². The molecule has 0 heterocycles. The van der Waals surface area contributed by atoms with Crippen molar-refractivity contribution in [2.45, 2.75) is 45.6 Å². The van der Waals surface area contributed by atoms with Gasteiger partial charge in [0.05, 0.1) is 0 Å². The zero-order valence-corrected chi connectivity index (χ0v) is 7.14. The summed E-state index contributed by atoms with van der Waals surface area (Å²) in [5.74, 6) is 1.75. The van der Waals surface area contributed by atoms with Crippen LogP contribution in [0.3, 0.4) is 0 Å². The number of hydrogen-bond acceptors (Lipinski definition) is 1. The van der Waals surface area contributed by atoms with Crippen molar-refractivity contribution in [1.82, 2.24) is 0 Å². The average molecular weight is 141 g/mol. The highest BCUT2D eigenvalue weighted by Gasteiger charge is 2.21. The molecule has 0 aromatic carbocycles. The van der Waals surface area contributed by atoms with E-state index in [0.29, 0.717) is 6.04 Å². The van der Waals surface area contributed by atoms with E-state index in [2.05, 4.69) is 13.8 Å². The molecular weight excluding hydrogens is 122 g/mol. The third-order valence-electron chi connectivity index (χ3n) is 2.70. The molecule has 0 bridgehead atoms. The summed E-state index contributed by atoms with van der Waals surface area (Å²) in [5.41, 5.74) is 5.86. The van der Waals surface area contributed by atoms with Crippen molar-refractivity contribution in [2.75, 3.05) is 0 Å². The molecule has 2 N–H and O–H groups in total. The van der Waals surface area contributed by atoms with Crippen LogP contribution in [0.2, 0.25) is 0 Å². The Kier molecular flexibility index (Phi) is 2.72. The minimum absolute atomic E-state index is 0.501. The van der Waals surface area contributed by atoms with E-state index < -0.39 is 0 Å². The molecule has 1 nitrogen and oxygen atoms in total. The lowest BCUT2D eigenvalue weighted by molar-refractivity contribution is 0.255. The Morgan fingerprint density at radius 1 is 1.30 bits per heavy atom. The second-order valence-corrected chi connectivity index (χ2v) is 3.93. The fourth-order valence-corrected chi connectivity index (χ4v) is 1.87. The summed E-state index contributed by atoms with van der Waals surface area (Å²) in [6, 6.07) is 0.501. The molecule has 10 heavy (non-hydrogen) atoms. The summed E-state index contributed by atoms with van der Waals surface area (Å²) >= 11 is 0. The molecule has 0 aliphatic heterocycles. The van der Waals surface area contributed by atoms with Crippen LogP contribution in [0.5, 0.6) is 0 Å². The topological polar surface area (TPSA) is 26.0 Å². The van der Waals surface area contributed by atoms with E-state index in [0.717, 1.165) is 11.8 Å². The lowest BCUT2D eigenvalue weighted by Crippen LogP contribution is -2.29. The van der Waals surface area contributed by atoms with Crippen LogP contribution >= 0.6 is 0 Å². The van der Waals surface area contributed by atoms with Crippen molar-refractivity contribution in [2.24, 2.45) is 17.6 Å². The SMILES string of the molecule is CC(C)[C@@H]1CCC[C@@H](N)C1. The van der Waals surface area contributed by atoms with Gasteiger partial charge >= 0.3 is 0 Å². The summed E-state index contributed by atoms with van der Waals surface area (Å²) in [6.07, 6.45) is 5.27. The molecule has 1 aliphatic carbocycles. The van der Waals surface area contributed by atoms with Gasteiger partial charge in [0.1, 0.15) is 0 Å². The maximum absolute atomic E-state index is 5.86. The lowest BCUT2D eigenvalue weighted by atomic mass is 9.80. The van der Waals surface area contributed by atoms with Crippen molar-refractivity contribution in [3.8, 4) is 0 Å². The third kappa shape index (κ3) is 1.98. The van der Waals surface area contributed by atoms with E-state index in [1.165, 1.54) is 25.7 Å². The van der Waals surface area contributed by atoms with E-state index in [4.69, 9.17) is 5.73 Å². The lowest BCUT2D eigenvalue weighted by Gasteiger charge is -2.29. The average Bonchev–Trinajstić information content (AvgIpc) is 1.88. The number of rotatable bonds is 1. The molecule has 1 heteroatoms. The summed E-state index contributed by atoms with van der Waals surface area (Å²) in [6.45, 7) is 4.62. The van der Waals surface area contributed by atoms with Crippen LogP contribution < -0.4 is 5.73 Å². The molecule has 1 fully saturated rings. The van der Waals surface area contributed by atoms with Crippen LogP contribution in [-0.2, 0) is 0 Å². The highest BCUT2D eigenvalue weighted by Crippen LogP contribution is 2.28. The molecule has 1 rings (SSSR count). The summed E-state index contributed by atoms with van der Waals surface area (Å²) < 4.78 is 0. The summed E-state index contributed by atoms with van der Waals surface area (Å²) in [7, 11) is 0. The van der Waals surface area contributed by atoms with Crippen LogP contribution in [0, 0.1) is 11.8 Å². The molecular formula is C9H19N. The molecule has 1 saturated carbocycles. The molecule has 60 valence electrons. The smallest absolute Gasteiger partial charge is 0.00415 e. The van der Waals surface area contributed by atoms with E-state index >= 15 is 0 Å². The third-order valence-corrected chi connectivity index (χ3v) is 2.70. The van der Waals surface area contributed by atoms with Gasteiger partial charge < -0.3 is 5.73 Å². The Hall–Kier alpha value is -0.0400. The maximum atomic E-state index is 5.86. The maximum Gasteiger partial charge on any atom is 0.00415 e. The van der Waals surface area contributed by atoms with Crippen LogP contribution in [0.4, 0.5) is 0 Å². The van der Waals surface area contributed by atoms with Crippen LogP contribution in [0.1, 0.15) is 39.5 Å². The molecule has 2 atom stereocenters. The standard InChI is InChI=1S/C9H19N/c1-7(2)8-4-3-5-9(10)6-8/h7-9H,3-6,10H2,1-2H3/t8-,9-/m1/s1. The summed E-state index contributed by atoms with van der Waals surface area (Å²) in [4.78, 5) is 0.